The lowest BCUT2D eigenvalue weighted by atomic mass is 10.2. The summed E-state index contributed by atoms with van der Waals surface area (Å²) in [7, 11) is 0. The number of halogens is 2. The van der Waals surface area contributed by atoms with Gasteiger partial charge in [0.05, 0.1) is 24.1 Å². The first-order valence-corrected chi connectivity index (χ1v) is 5.95. The van der Waals surface area contributed by atoms with Crippen molar-refractivity contribution >= 4 is 11.6 Å². The van der Waals surface area contributed by atoms with Crippen molar-refractivity contribution in [3.63, 3.8) is 0 Å². The highest BCUT2D eigenvalue weighted by Gasteiger charge is 2.14. The van der Waals surface area contributed by atoms with Crippen LogP contribution in [0, 0.1) is 11.6 Å². The van der Waals surface area contributed by atoms with E-state index < -0.39 is 17.5 Å². The van der Waals surface area contributed by atoms with Crippen molar-refractivity contribution in [1.82, 2.24) is 4.98 Å². The largest absolute Gasteiger partial charge is 0.492 e. The Morgan fingerprint density at radius 1 is 1.35 bits per heavy atom. The number of nitrogens with one attached hydrogen (secondary N) is 1. The smallest absolute Gasteiger partial charge is 0.258 e. The maximum Gasteiger partial charge on any atom is 0.258 e. The Bertz CT molecular complexity index is 632. The monoisotopic (exact) mass is 278 g/mol. The van der Waals surface area contributed by atoms with Crippen molar-refractivity contribution in [2.24, 2.45) is 0 Å². The minimum Gasteiger partial charge on any atom is -0.492 e. The van der Waals surface area contributed by atoms with Gasteiger partial charge in [-0.3, -0.25) is 9.78 Å². The number of pyridine rings is 1. The van der Waals surface area contributed by atoms with Crippen LogP contribution in [0.15, 0.2) is 36.7 Å². The van der Waals surface area contributed by atoms with Gasteiger partial charge in [0, 0.05) is 12.3 Å². The molecule has 1 heterocycles. The Morgan fingerprint density at radius 3 is 2.85 bits per heavy atom. The minimum atomic E-state index is -0.731. The third-order valence-electron chi connectivity index (χ3n) is 2.51. The van der Waals surface area contributed by atoms with Crippen molar-refractivity contribution in [3.05, 3.63) is 53.9 Å². The van der Waals surface area contributed by atoms with Gasteiger partial charge in [-0.05, 0) is 25.1 Å². The lowest BCUT2D eigenvalue weighted by Gasteiger charge is -2.11. The van der Waals surface area contributed by atoms with Gasteiger partial charge in [0.25, 0.3) is 5.91 Å². The molecule has 0 atom stereocenters. The number of carbonyl (C=O) groups excluding carboxylic acids is 1. The van der Waals surface area contributed by atoms with Gasteiger partial charge in [-0.1, -0.05) is 0 Å². The molecule has 0 radical (unpaired) electrons. The number of rotatable bonds is 4. The number of anilines is 1. The molecule has 6 heteroatoms. The molecule has 0 saturated carbocycles. The topological polar surface area (TPSA) is 51.2 Å². The second kappa shape index (κ2) is 6.10. The molecule has 1 aromatic heterocycles. The van der Waals surface area contributed by atoms with E-state index in [1.165, 1.54) is 24.4 Å². The number of hydrogen-bond donors (Lipinski definition) is 1. The van der Waals surface area contributed by atoms with Crippen molar-refractivity contribution in [2.45, 2.75) is 6.92 Å². The fourth-order valence-electron chi connectivity index (χ4n) is 1.62. The minimum absolute atomic E-state index is 0.147. The Hall–Kier alpha value is -2.50. The summed E-state index contributed by atoms with van der Waals surface area (Å²) in [6.07, 6.45) is 2.26. The summed E-state index contributed by atoms with van der Waals surface area (Å²) in [6, 6.07) is 4.95. The van der Waals surface area contributed by atoms with Gasteiger partial charge in [-0.2, -0.15) is 0 Å². The van der Waals surface area contributed by atoms with Gasteiger partial charge in [0.2, 0.25) is 0 Å². The lowest BCUT2D eigenvalue weighted by Crippen LogP contribution is -2.15. The van der Waals surface area contributed by atoms with E-state index in [1.807, 2.05) is 0 Å². The summed E-state index contributed by atoms with van der Waals surface area (Å²) < 4.78 is 31.8. The van der Waals surface area contributed by atoms with E-state index in [1.54, 1.807) is 6.92 Å². The molecule has 0 aliphatic heterocycles. The van der Waals surface area contributed by atoms with Crippen LogP contribution in [0.25, 0.3) is 0 Å². The molecule has 0 aliphatic rings. The van der Waals surface area contributed by atoms with Crippen LogP contribution in [-0.2, 0) is 0 Å². The van der Waals surface area contributed by atoms with E-state index in [-0.39, 0.29) is 17.0 Å². The predicted molar refractivity (Wildman–Crippen MR) is 69.7 cm³/mol. The van der Waals surface area contributed by atoms with E-state index in [0.29, 0.717) is 6.61 Å². The van der Waals surface area contributed by atoms with Crippen LogP contribution < -0.4 is 10.1 Å². The van der Waals surface area contributed by atoms with Gasteiger partial charge >= 0.3 is 0 Å². The van der Waals surface area contributed by atoms with Gasteiger partial charge in [-0.15, -0.1) is 0 Å². The lowest BCUT2D eigenvalue weighted by molar-refractivity contribution is 0.102. The Labute approximate surface area is 114 Å². The van der Waals surface area contributed by atoms with Crippen LogP contribution >= 0.6 is 0 Å². The molecule has 2 rings (SSSR count). The molecule has 20 heavy (non-hydrogen) atoms. The number of hydrogen-bond acceptors (Lipinski definition) is 3. The van der Waals surface area contributed by atoms with E-state index in [4.69, 9.17) is 4.74 Å². The van der Waals surface area contributed by atoms with E-state index in [2.05, 4.69) is 10.3 Å². The van der Waals surface area contributed by atoms with Gasteiger partial charge in [-0.25, -0.2) is 8.78 Å². The first kappa shape index (κ1) is 13.9. The zero-order valence-corrected chi connectivity index (χ0v) is 10.7. The number of benzene rings is 1. The van der Waals surface area contributed by atoms with Crippen LogP contribution in [0.5, 0.6) is 5.75 Å². The first-order chi connectivity index (χ1) is 9.61. The van der Waals surface area contributed by atoms with Crippen LogP contribution in [0.1, 0.15) is 17.3 Å². The Kier molecular flexibility index (Phi) is 4.24. The average molecular weight is 278 g/mol. The van der Waals surface area contributed by atoms with Crippen LogP contribution in [-0.4, -0.2) is 17.5 Å². The molecule has 0 fully saturated rings. The molecule has 0 spiro atoms. The molecule has 1 aromatic carbocycles. The van der Waals surface area contributed by atoms with Crippen molar-refractivity contribution in [3.8, 4) is 5.75 Å². The summed E-state index contributed by atoms with van der Waals surface area (Å²) in [4.78, 5) is 15.5. The quantitative estimate of drug-likeness (QED) is 0.935. The Balaban J connectivity index is 2.26. The summed E-state index contributed by atoms with van der Waals surface area (Å²) in [5.41, 5.74) is 0.126. The third kappa shape index (κ3) is 3.09. The highest BCUT2D eigenvalue weighted by Crippen LogP contribution is 2.26. The molecule has 2 aromatic rings. The van der Waals surface area contributed by atoms with E-state index in [0.717, 1.165) is 12.3 Å². The molecule has 0 saturated heterocycles. The van der Waals surface area contributed by atoms with Crippen LogP contribution in [0.4, 0.5) is 14.5 Å². The second-order valence-corrected chi connectivity index (χ2v) is 3.88. The van der Waals surface area contributed by atoms with Gasteiger partial charge < -0.3 is 10.1 Å². The van der Waals surface area contributed by atoms with Gasteiger partial charge in [0.1, 0.15) is 11.6 Å². The summed E-state index contributed by atoms with van der Waals surface area (Å²) >= 11 is 0. The van der Waals surface area contributed by atoms with E-state index >= 15 is 0 Å². The fourth-order valence-corrected chi connectivity index (χ4v) is 1.62. The zero-order chi connectivity index (χ0) is 14.5. The number of ether oxygens (including phenoxy) is 1. The molecule has 0 aliphatic carbocycles. The SMILES string of the molecule is CCOc1cc(F)ccc1NC(=O)c1ccncc1F. The molecule has 0 bridgehead atoms. The highest BCUT2D eigenvalue weighted by molar-refractivity contribution is 6.05. The molecule has 1 amide bonds. The molecule has 1 N–H and O–H groups in total. The number of nitrogens with zero attached hydrogens (tertiary/aromatic N) is 1. The number of amides is 1. The maximum atomic E-state index is 13.4. The van der Waals surface area contributed by atoms with Crippen molar-refractivity contribution in [1.29, 1.82) is 0 Å². The standard InChI is InChI=1S/C14H12F2N2O2/c1-2-20-13-7-9(15)3-4-12(13)18-14(19)10-5-6-17-8-11(10)16/h3-8H,2H2,1H3,(H,18,19). The molecule has 104 valence electrons. The average Bonchev–Trinajstić information content (AvgIpc) is 2.42. The molecule has 0 unspecified atom stereocenters. The maximum absolute atomic E-state index is 13.4. The number of aromatic nitrogens is 1. The normalized spacial score (nSPS) is 10.2. The van der Waals surface area contributed by atoms with Crippen molar-refractivity contribution in [2.75, 3.05) is 11.9 Å². The second-order valence-electron chi connectivity index (χ2n) is 3.88. The van der Waals surface area contributed by atoms with Gasteiger partial charge in [0.15, 0.2) is 5.82 Å². The third-order valence-corrected chi connectivity index (χ3v) is 2.51. The molecular formula is C14H12F2N2O2. The Morgan fingerprint density at radius 2 is 2.15 bits per heavy atom. The highest BCUT2D eigenvalue weighted by atomic mass is 19.1. The zero-order valence-electron chi connectivity index (χ0n) is 10.7. The summed E-state index contributed by atoms with van der Waals surface area (Å²) in [6.45, 7) is 2.05. The van der Waals surface area contributed by atoms with E-state index in [9.17, 15) is 13.6 Å². The number of carbonyl (C=O) groups is 1. The first-order valence-electron chi connectivity index (χ1n) is 5.95. The van der Waals surface area contributed by atoms with Crippen LogP contribution in [0.3, 0.4) is 0 Å². The van der Waals surface area contributed by atoms with Crippen LogP contribution in [0.2, 0.25) is 0 Å². The molecule has 4 nitrogen and oxygen atoms in total. The fraction of sp³-hybridized carbons (Fsp3) is 0.143. The predicted octanol–water partition coefficient (Wildman–Crippen LogP) is 3.01. The van der Waals surface area contributed by atoms with Crippen molar-refractivity contribution < 1.29 is 18.3 Å². The summed E-state index contributed by atoms with van der Waals surface area (Å²) in [5.74, 6) is -1.68. The summed E-state index contributed by atoms with van der Waals surface area (Å²) in [5, 5.41) is 2.48. The molecular weight excluding hydrogens is 266 g/mol.